The molecule has 0 bridgehead atoms. The van der Waals surface area contributed by atoms with E-state index in [1.807, 2.05) is 13.8 Å². The number of cyclic esters (lactones) is 1. The number of aliphatic imine (C=N–C) groups is 1. The van der Waals surface area contributed by atoms with Crippen molar-refractivity contribution < 1.29 is 38.2 Å². The molecule has 1 aromatic heterocycles. The van der Waals surface area contributed by atoms with E-state index in [0.717, 1.165) is 0 Å². The predicted octanol–water partition coefficient (Wildman–Crippen LogP) is 0.180. The number of carbonyl (C=O) groups is 2. The molecule has 5 aliphatic rings. The normalized spacial score (nSPS) is 36.6. The number of benzene rings is 1. The SMILES string of the molecule is CC1CN2c3c(cc4c(N5CC(CO)OC5=O)noc4c3F)CC34C(=NC23C(C)O1)NC(=O)NC4O. The van der Waals surface area contributed by atoms with Crippen LogP contribution in [0.2, 0.25) is 0 Å². The summed E-state index contributed by atoms with van der Waals surface area (Å²) in [5, 5.41) is 30.0. The van der Waals surface area contributed by atoms with E-state index >= 15 is 4.39 Å². The van der Waals surface area contributed by atoms with Gasteiger partial charge in [0.1, 0.15) is 23.6 Å². The van der Waals surface area contributed by atoms with Crippen LogP contribution in [0, 0.1) is 11.2 Å². The summed E-state index contributed by atoms with van der Waals surface area (Å²) >= 11 is 0. The maximum absolute atomic E-state index is 16.2. The second-order valence-electron chi connectivity index (χ2n) is 9.92. The number of amides is 3. The summed E-state index contributed by atoms with van der Waals surface area (Å²) in [6.45, 7) is 3.63. The first-order valence-electron chi connectivity index (χ1n) is 11.7. The second kappa shape index (κ2) is 6.83. The summed E-state index contributed by atoms with van der Waals surface area (Å²) in [4.78, 5) is 32.2. The average molecular weight is 502 g/mol. The number of hydrogen-bond donors (Lipinski definition) is 4. The van der Waals surface area contributed by atoms with E-state index in [4.69, 9.17) is 19.0 Å². The standard InChI is InChI=1S/C22H23FN6O7/c1-8-5-29-14-10(4-21-17(24-19(32)25-18(21)31)26-22(21,29)9(2)34-8)3-12-15(13(14)23)36-27-16(12)28-6-11(7-30)35-20(28)33/h3,8-9,11,18,30-31H,4-7H2,1-2H3,(H2,24,25,26,32). The van der Waals surface area contributed by atoms with Gasteiger partial charge in [0.05, 0.1) is 36.4 Å². The Morgan fingerprint density at radius 2 is 2.11 bits per heavy atom. The molecular formula is C22H23FN6O7. The maximum Gasteiger partial charge on any atom is 0.416 e. The van der Waals surface area contributed by atoms with E-state index in [9.17, 15) is 19.8 Å². The molecule has 6 atom stereocenters. The van der Waals surface area contributed by atoms with Gasteiger partial charge >= 0.3 is 12.1 Å². The Labute approximate surface area is 202 Å². The Balaban J connectivity index is 1.43. The van der Waals surface area contributed by atoms with Gasteiger partial charge in [0.2, 0.25) is 5.58 Å². The van der Waals surface area contributed by atoms with Crippen LogP contribution in [0.5, 0.6) is 0 Å². The zero-order valence-electron chi connectivity index (χ0n) is 19.3. The first-order valence-corrected chi connectivity index (χ1v) is 11.7. The fourth-order valence-corrected chi connectivity index (χ4v) is 6.56. The van der Waals surface area contributed by atoms with Gasteiger partial charge in [-0.3, -0.25) is 10.2 Å². The molecule has 0 radical (unpaired) electrons. The second-order valence-corrected chi connectivity index (χ2v) is 9.92. The van der Waals surface area contributed by atoms with Crippen molar-refractivity contribution in [3.8, 4) is 0 Å². The molecule has 3 amide bonds. The molecule has 190 valence electrons. The van der Waals surface area contributed by atoms with Crippen molar-refractivity contribution in [3.63, 3.8) is 0 Å². The lowest BCUT2D eigenvalue weighted by Crippen LogP contribution is -2.87. The average Bonchev–Trinajstić information content (AvgIpc) is 3.39. The van der Waals surface area contributed by atoms with Gasteiger partial charge in [-0.05, 0) is 31.9 Å². The fraction of sp³-hybridized carbons (Fsp3) is 0.545. The van der Waals surface area contributed by atoms with Crippen molar-refractivity contribution in [2.45, 2.75) is 50.5 Å². The summed E-state index contributed by atoms with van der Waals surface area (Å²) in [6.07, 6.45) is -3.46. The van der Waals surface area contributed by atoms with Crippen LogP contribution in [0.1, 0.15) is 19.4 Å². The van der Waals surface area contributed by atoms with Gasteiger partial charge in [-0.15, -0.1) is 0 Å². The number of nitrogens with one attached hydrogen (secondary N) is 2. The molecule has 2 spiro atoms. The highest BCUT2D eigenvalue weighted by molar-refractivity contribution is 6.10. The summed E-state index contributed by atoms with van der Waals surface area (Å²) in [5.41, 5.74) is -1.66. The maximum atomic E-state index is 16.2. The van der Waals surface area contributed by atoms with Crippen molar-refractivity contribution in [2.24, 2.45) is 10.4 Å². The van der Waals surface area contributed by atoms with Crippen LogP contribution in [0.3, 0.4) is 0 Å². The number of anilines is 2. The molecular weight excluding hydrogens is 479 g/mol. The molecule has 14 heteroatoms. The third-order valence-electron chi connectivity index (χ3n) is 7.99. The number of nitrogens with zero attached hydrogens (tertiary/aromatic N) is 4. The number of aliphatic hydroxyl groups is 2. The number of amidine groups is 1. The van der Waals surface area contributed by atoms with Gasteiger partial charge in [-0.25, -0.2) is 19.0 Å². The van der Waals surface area contributed by atoms with Crippen LogP contribution >= 0.6 is 0 Å². The molecule has 6 unspecified atom stereocenters. The summed E-state index contributed by atoms with van der Waals surface area (Å²) in [5.74, 6) is -0.294. The van der Waals surface area contributed by atoms with Crippen LogP contribution in [-0.4, -0.2) is 83.2 Å². The van der Waals surface area contributed by atoms with Crippen LogP contribution < -0.4 is 20.4 Å². The molecule has 0 aliphatic carbocycles. The number of hydrogen-bond acceptors (Lipinski definition) is 10. The predicted molar refractivity (Wildman–Crippen MR) is 120 cm³/mol. The lowest BCUT2D eigenvalue weighted by Gasteiger charge is -2.69. The molecule has 13 nitrogen and oxygen atoms in total. The third-order valence-corrected chi connectivity index (χ3v) is 7.99. The molecule has 1 aromatic carbocycles. The number of urea groups is 1. The molecule has 5 aliphatic heterocycles. The minimum absolute atomic E-state index is 0.0344. The largest absolute Gasteiger partial charge is 0.441 e. The molecule has 3 fully saturated rings. The first kappa shape index (κ1) is 21.8. The zero-order valence-corrected chi connectivity index (χ0v) is 19.3. The number of morpholine rings is 1. The lowest BCUT2D eigenvalue weighted by atomic mass is 9.57. The highest BCUT2D eigenvalue weighted by Crippen LogP contribution is 2.61. The Kier molecular flexibility index (Phi) is 4.13. The number of ether oxygens (including phenoxy) is 2. The number of aromatic nitrogens is 1. The monoisotopic (exact) mass is 502 g/mol. The molecule has 4 N–H and O–H groups in total. The van der Waals surface area contributed by atoms with Gasteiger partial charge in [-0.1, -0.05) is 5.16 Å². The molecule has 0 saturated carbocycles. The van der Waals surface area contributed by atoms with Gasteiger partial charge in [-0.2, -0.15) is 0 Å². The van der Waals surface area contributed by atoms with Crippen molar-refractivity contribution in [1.82, 2.24) is 15.8 Å². The minimum Gasteiger partial charge on any atom is -0.441 e. The van der Waals surface area contributed by atoms with Gasteiger partial charge < -0.3 is 34.4 Å². The van der Waals surface area contributed by atoms with E-state index in [-0.39, 0.29) is 54.7 Å². The Morgan fingerprint density at radius 1 is 1.31 bits per heavy atom. The number of fused-ring (bicyclic) bond motifs is 3. The quantitative estimate of drug-likeness (QED) is 0.449. The Hall–Kier alpha value is -3.49. The van der Waals surface area contributed by atoms with E-state index < -0.39 is 47.5 Å². The first-order chi connectivity index (χ1) is 17.2. The smallest absolute Gasteiger partial charge is 0.416 e. The summed E-state index contributed by atoms with van der Waals surface area (Å²) in [6, 6.07) is 1.10. The highest BCUT2D eigenvalue weighted by Gasteiger charge is 2.76. The van der Waals surface area contributed by atoms with Crippen LogP contribution in [0.25, 0.3) is 11.0 Å². The number of aliphatic hydroxyl groups excluding tert-OH is 2. The van der Waals surface area contributed by atoms with E-state index in [1.54, 1.807) is 11.0 Å². The van der Waals surface area contributed by atoms with Gasteiger partial charge in [0.25, 0.3) is 0 Å². The van der Waals surface area contributed by atoms with Gasteiger partial charge in [0.15, 0.2) is 17.3 Å². The molecule has 2 aromatic rings. The van der Waals surface area contributed by atoms with Gasteiger partial charge in [0, 0.05) is 6.54 Å². The molecule has 7 rings (SSSR count). The Morgan fingerprint density at radius 3 is 2.83 bits per heavy atom. The minimum atomic E-state index is -1.31. The van der Waals surface area contributed by atoms with Crippen molar-refractivity contribution in [1.29, 1.82) is 0 Å². The molecule has 6 heterocycles. The van der Waals surface area contributed by atoms with Crippen molar-refractivity contribution in [2.75, 3.05) is 29.5 Å². The highest BCUT2D eigenvalue weighted by atomic mass is 19.1. The number of carbonyl (C=O) groups excluding carboxylic acids is 2. The summed E-state index contributed by atoms with van der Waals surface area (Å²) < 4.78 is 32.8. The van der Waals surface area contributed by atoms with Crippen molar-refractivity contribution >= 4 is 40.4 Å². The lowest BCUT2D eigenvalue weighted by molar-refractivity contribution is -0.142. The molecule has 36 heavy (non-hydrogen) atoms. The number of rotatable bonds is 2. The van der Waals surface area contributed by atoms with Crippen LogP contribution in [0.15, 0.2) is 15.6 Å². The topological polar surface area (TPSA) is 162 Å². The number of halogens is 1. The zero-order chi connectivity index (χ0) is 25.1. The van der Waals surface area contributed by atoms with E-state index in [1.165, 1.54) is 4.90 Å². The third kappa shape index (κ3) is 2.34. The van der Waals surface area contributed by atoms with E-state index in [0.29, 0.717) is 11.4 Å². The van der Waals surface area contributed by atoms with Crippen molar-refractivity contribution in [3.05, 3.63) is 17.4 Å². The summed E-state index contributed by atoms with van der Waals surface area (Å²) in [7, 11) is 0. The van der Waals surface area contributed by atoms with Crippen LogP contribution in [-0.2, 0) is 15.9 Å². The fourth-order valence-electron chi connectivity index (χ4n) is 6.56. The van der Waals surface area contributed by atoms with Crippen LogP contribution in [0.4, 0.5) is 25.5 Å². The van der Waals surface area contributed by atoms with E-state index in [2.05, 4.69) is 15.8 Å². The molecule has 3 saturated heterocycles. The Bertz CT molecular complexity index is 1380.